The van der Waals surface area contributed by atoms with E-state index in [9.17, 15) is 5.11 Å². The van der Waals surface area contributed by atoms with Crippen molar-refractivity contribution in [3.05, 3.63) is 66.7 Å². The minimum Gasteiger partial charge on any atom is -0.289 e. The van der Waals surface area contributed by atoms with E-state index in [1.807, 2.05) is 66.7 Å². The molecule has 0 aliphatic rings. The molecule has 3 aromatic carbocycles. The van der Waals surface area contributed by atoms with Crippen LogP contribution in [0, 0.1) is 0 Å². The average molecular weight is 219 g/mol. The molecule has 0 saturated carbocycles. The van der Waals surface area contributed by atoms with Gasteiger partial charge in [0.05, 0.1) is 0 Å². The van der Waals surface area contributed by atoms with Crippen LogP contribution in [0.3, 0.4) is 0 Å². The van der Waals surface area contributed by atoms with E-state index >= 15 is 0 Å². The van der Waals surface area contributed by atoms with E-state index in [-0.39, 0.29) is 5.75 Å². The molecule has 3 rings (SSSR count). The van der Waals surface area contributed by atoms with Crippen molar-refractivity contribution in [1.29, 1.82) is 0 Å². The van der Waals surface area contributed by atoms with E-state index in [4.69, 9.17) is 0 Å². The van der Waals surface area contributed by atoms with Gasteiger partial charge in [0.25, 0.3) is 0 Å². The normalized spacial score (nSPS) is 10.6. The fraction of sp³-hybridized carbons (Fsp3) is 0. The van der Waals surface area contributed by atoms with Crippen LogP contribution >= 0.6 is 0 Å². The Balaban J connectivity index is 2.29. The van der Waals surface area contributed by atoms with Gasteiger partial charge in [-0.2, -0.15) is 0 Å². The van der Waals surface area contributed by atoms with E-state index in [0.29, 0.717) is 0 Å². The van der Waals surface area contributed by atoms with Crippen molar-refractivity contribution < 1.29 is 5.11 Å². The van der Waals surface area contributed by atoms with Gasteiger partial charge >= 0.3 is 0 Å². The predicted octanol–water partition coefficient (Wildman–Crippen LogP) is 4.65. The Hall–Kier alpha value is -2.28. The molecule has 1 nitrogen and oxygen atoms in total. The molecule has 0 unspecified atom stereocenters. The van der Waals surface area contributed by atoms with Crippen LogP contribution in [0.15, 0.2) is 66.7 Å². The maximum absolute atomic E-state index is 12.3. The van der Waals surface area contributed by atoms with E-state index in [2.05, 4.69) is 0 Å². The summed E-state index contributed by atoms with van der Waals surface area (Å²) < 4.78 is 0. The van der Waals surface area contributed by atoms with Crippen LogP contribution in [-0.4, -0.2) is 0 Å². The van der Waals surface area contributed by atoms with Crippen LogP contribution in [0.1, 0.15) is 0 Å². The van der Waals surface area contributed by atoms with Gasteiger partial charge in [-0.25, -0.2) is 0 Å². The van der Waals surface area contributed by atoms with Crippen molar-refractivity contribution in [2.75, 3.05) is 0 Å². The summed E-state index contributed by atoms with van der Waals surface area (Å²) >= 11 is 0. The average Bonchev–Trinajstić information content (AvgIpc) is 2.40. The number of benzene rings is 3. The lowest BCUT2D eigenvalue weighted by molar-refractivity contribution is 0.362. The highest BCUT2D eigenvalue weighted by atomic mass is 16.3. The minimum atomic E-state index is 0.106. The molecule has 0 atom stereocenters. The van der Waals surface area contributed by atoms with Crippen molar-refractivity contribution in [2.24, 2.45) is 0 Å². The first-order valence-corrected chi connectivity index (χ1v) is 5.60. The molecule has 3 aromatic rings. The largest absolute Gasteiger partial charge is 0.289 e. The third-order valence-corrected chi connectivity index (χ3v) is 2.96. The maximum Gasteiger partial charge on any atom is 0.194 e. The Morgan fingerprint density at radius 2 is 1.35 bits per heavy atom. The molecule has 17 heavy (non-hydrogen) atoms. The molecule has 0 aliphatic carbocycles. The van der Waals surface area contributed by atoms with Crippen molar-refractivity contribution in [3.8, 4) is 16.9 Å². The molecule has 1 radical (unpaired) electrons. The van der Waals surface area contributed by atoms with E-state index in [1.54, 1.807) is 0 Å². The van der Waals surface area contributed by atoms with Crippen LogP contribution in [0.5, 0.6) is 5.75 Å². The summed E-state index contributed by atoms with van der Waals surface area (Å²) in [6, 6.07) is 21.4. The van der Waals surface area contributed by atoms with Gasteiger partial charge in [-0.3, -0.25) is 5.11 Å². The Morgan fingerprint density at radius 1 is 0.647 bits per heavy atom. The lowest BCUT2D eigenvalue weighted by atomic mass is 10.00. The molecular formula is C16H11O. The first-order chi connectivity index (χ1) is 8.36. The lowest BCUT2D eigenvalue weighted by Crippen LogP contribution is -1.80. The van der Waals surface area contributed by atoms with E-state index in [0.717, 1.165) is 21.9 Å². The van der Waals surface area contributed by atoms with Gasteiger partial charge in [-0.05, 0) is 17.0 Å². The zero-order valence-corrected chi connectivity index (χ0v) is 9.26. The fourth-order valence-electron chi connectivity index (χ4n) is 2.09. The molecule has 81 valence electrons. The van der Waals surface area contributed by atoms with E-state index in [1.165, 1.54) is 0 Å². The summed E-state index contributed by atoms with van der Waals surface area (Å²) in [4.78, 5) is 0. The first-order valence-electron chi connectivity index (χ1n) is 5.60. The van der Waals surface area contributed by atoms with Crippen LogP contribution in [0.25, 0.3) is 21.9 Å². The Kier molecular flexibility index (Phi) is 2.30. The molecule has 0 bridgehead atoms. The van der Waals surface area contributed by atoms with Crippen molar-refractivity contribution in [1.82, 2.24) is 0 Å². The number of fused-ring (bicyclic) bond motifs is 1. The summed E-state index contributed by atoms with van der Waals surface area (Å²) in [5, 5.41) is 14.1. The van der Waals surface area contributed by atoms with Crippen molar-refractivity contribution >= 4 is 10.8 Å². The molecule has 0 N–H and O–H groups in total. The second-order valence-corrected chi connectivity index (χ2v) is 4.03. The van der Waals surface area contributed by atoms with E-state index < -0.39 is 0 Å². The van der Waals surface area contributed by atoms with Crippen molar-refractivity contribution in [2.45, 2.75) is 0 Å². The van der Waals surface area contributed by atoms with Gasteiger partial charge in [-0.1, -0.05) is 60.7 Å². The van der Waals surface area contributed by atoms with Crippen LogP contribution in [0.2, 0.25) is 0 Å². The zero-order chi connectivity index (χ0) is 11.7. The SMILES string of the molecule is [O]c1c(-c2ccccc2)ccc2ccccc12. The highest BCUT2D eigenvalue weighted by Crippen LogP contribution is 2.35. The predicted molar refractivity (Wildman–Crippen MR) is 69.5 cm³/mol. The molecule has 0 aliphatic heterocycles. The van der Waals surface area contributed by atoms with Gasteiger partial charge in [-0.15, -0.1) is 0 Å². The second kappa shape index (κ2) is 3.95. The molecule has 0 aromatic heterocycles. The molecule has 0 saturated heterocycles. The zero-order valence-electron chi connectivity index (χ0n) is 9.26. The molecular weight excluding hydrogens is 208 g/mol. The minimum absolute atomic E-state index is 0.106. The third kappa shape index (κ3) is 1.66. The number of rotatable bonds is 1. The van der Waals surface area contributed by atoms with Crippen LogP contribution in [-0.2, 0) is 5.11 Å². The Morgan fingerprint density at radius 3 is 2.18 bits per heavy atom. The quantitative estimate of drug-likeness (QED) is 0.567. The van der Waals surface area contributed by atoms with Gasteiger partial charge in [0.1, 0.15) is 0 Å². The van der Waals surface area contributed by atoms with Crippen LogP contribution in [0.4, 0.5) is 0 Å². The van der Waals surface area contributed by atoms with Gasteiger partial charge in [0.2, 0.25) is 0 Å². The van der Waals surface area contributed by atoms with Gasteiger partial charge in [0, 0.05) is 10.9 Å². The molecule has 0 heterocycles. The first kappa shape index (κ1) is 9.91. The van der Waals surface area contributed by atoms with Gasteiger partial charge < -0.3 is 0 Å². The van der Waals surface area contributed by atoms with Crippen LogP contribution < -0.4 is 0 Å². The lowest BCUT2D eigenvalue weighted by Gasteiger charge is -2.05. The Labute approximate surface area is 100.0 Å². The topological polar surface area (TPSA) is 19.9 Å². The highest BCUT2D eigenvalue weighted by molar-refractivity contribution is 5.94. The third-order valence-electron chi connectivity index (χ3n) is 2.96. The standard InChI is InChI=1S/C16H11O/c17-16-14-9-5-4-8-13(14)10-11-15(16)12-6-2-1-3-7-12/h1-11H. The number of hydrogen-bond acceptors (Lipinski definition) is 0. The monoisotopic (exact) mass is 219 g/mol. The fourth-order valence-corrected chi connectivity index (χ4v) is 2.09. The summed E-state index contributed by atoms with van der Waals surface area (Å²) in [5.41, 5.74) is 1.74. The number of hydrogen-bond donors (Lipinski definition) is 0. The Bertz CT molecular complexity index is 657. The molecule has 0 amide bonds. The molecule has 0 spiro atoms. The summed E-state index contributed by atoms with van der Waals surface area (Å²) in [6.45, 7) is 0. The smallest absolute Gasteiger partial charge is 0.194 e. The summed E-state index contributed by atoms with van der Waals surface area (Å²) in [6.07, 6.45) is 0. The maximum atomic E-state index is 12.3. The molecule has 1 heteroatoms. The van der Waals surface area contributed by atoms with Crippen molar-refractivity contribution in [3.63, 3.8) is 0 Å². The highest BCUT2D eigenvalue weighted by Gasteiger charge is 2.09. The molecule has 0 fully saturated rings. The second-order valence-electron chi connectivity index (χ2n) is 4.03. The van der Waals surface area contributed by atoms with Gasteiger partial charge in [0.15, 0.2) is 5.75 Å². The summed E-state index contributed by atoms with van der Waals surface area (Å²) in [5.74, 6) is 0.106. The summed E-state index contributed by atoms with van der Waals surface area (Å²) in [7, 11) is 0.